The average molecular weight is 481 g/mol. The molecule has 0 radical (unpaired) electrons. The highest BCUT2D eigenvalue weighted by Crippen LogP contribution is 2.36. The fourth-order valence-corrected chi connectivity index (χ4v) is 3.68. The maximum absolute atomic E-state index is 13.2. The van der Waals surface area contributed by atoms with Gasteiger partial charge < -0.3 is 19.5 Å². The van der Waals surface area contributed by atoms with Crippen molar-refractivity contribution in [2.24, 2.45) is 5.92 Å². The van der Waals surface area contributed by atoms with E-state index in [4.69, 9.17) is 14.2 Å². The lowest BCUT2D eigenvalue weighted by Crippen LogP contribution is -2.49. The maximum atomic E-state index is 13.2. The Labute approximate surface area is 205 Å². The molecule has 3 atom stereocenters. The van der Waals surface area contributed by atoms with E-state index in [0.717, 1.165) is 5.57 Å². The van der Waals surface area contributed by atoms with E-state index < -0.39 is 41.0 Å². The van der Waals surface area contributed by atoms with Gasteiger partial charge in [0.2, 0.25) is 0 Å². The number of amides is 2. The summed E-state index contributed by atoms with van der Waals surface area (Å²) in [5.74, 6) is -0.574. The number of rotatable bonds is 7. The molecule has 0 saturated carbocycles. The van der Waals surface area contributed by atoms with Crippen LogP contribution in [0.4, 0.5) is 9.59 Å². The first-order chi connectivity index (χ1) is 15.3. The SMILES string of the molecule is C=C[C@@H]1C[C@H](C(=O)OC(C)(C)C)N(C(=O)OC(C)(C)C)[C@@H]1CCC(=C)CNC(=O)OC(C)(C)C. The van der Waals surface area contributed by atoms with Gasteiger partial charge in [-0.15, -0.1) is 6.58 Å². The summed E-state index contributed by atoms with van der Waals surface area (Å²) in [6.45, 7) is 24.3. The van der Waals surface area contributed by atoms with Gasteiger partial charge in [0, 0.05) is 12.6 Å². The molecule has 0 bridgehead atoms. The van der Waals surface area contributed by atoms with Gasteiger partial charge in [0.25, 0.3) is 0 Å². The maximum Gasteiger partial charge on any atom is 0.411 e. The van der Waals surface area contributed by atoms with Crippen molar-refractivity contribution < 1.29 is 28.6 Å². The summed E-state index contributed by atoms with van der Waals surface area (Å²) in [5.41, 5.74) is -1.21. The van der Waals surface area contributed by atoms with Gasteiger partial charge in [0.15, 0.2) is 0 Å². The van der Waals surface area contributed by atoms with E-state index in [1.807, 2.05) is 0 Å². The van der Waals surface area contributed by atoms with Crippen molar-refractivity contribution in [1.82, 2.24) is 10.2 Å². The molecule has 2 amide bonds. The summed E-state index contributed by atoms with van der Waals surface area (Å²) in [5, 5.41) is 2.70. The Morgan fingerprint density at radius 1 is 0.941 bits per heavy atom. The van der Waals surface area contributed by atoms with Crippen LogP contribution in [0.1, 0.15) is 81.6 Å². The molecule has 194 valence electrons. The number of carbonyl (C=O) groups excluding carboxylic acids is 3. The molecule has 1 heterocycles. The standard InChI is InChI=1S/C26H44N2O6/c1-12-18-15-20(21(29)32-24(3,4)5)28(23(31)34-26(9,10)11)19(18)14-13-17(2)16-27-22(30)33-25(6,7)8/h12,18-20H,1-2,13-16H2,3-11H3,(H,27,30)/t18-,19-,20-/m1/s1. The molecule has 1 aliphatic rings. The van der Waals surface area contributed by atoms with Crippen LogP contribution in [0.2, 0.25) is 0 Å². The van der Waals surface area contributed by atoms with E-state index in [9.17, 15) is 14.4 Å². The second-order valence-electron chi connectivity index (χ2n) is 11.8. The third-order valence-electron chi connectivity index (χ3n) is 4.94. The predicted octanol–water partition coefficient (Wildman–Crippen LogP) is 5.37. The number of nitrogens with zero attached hydrogens (tertiary/aromatic N) is 1. The van der Waals surface area contributed by atoms with Gasteiger partial charge >= 0.3 is 18.2 Å². The first kappa shape index (κ1) is 29.5. The van der Waals surface area contributed by atoms with Crippen LogP contribution < -0.4 is 5.32 Å². The van der Waals surface area contributed by atoms with Gasteiger partial charge in [0.1, 0.15) is 22.8 Å². The summed E-state index contributed by atoms with van der Waals surface area (Å²) in [4.78, 5) is 39.6. The zero-order valence-electron chi connectivity index (χ0n) is 22.4. The number of alkyl carbamates (subject to hydrolysis) is 1. The summed E-state index contributed by atoms with van der Waals surface area (Å²) < 4.78 is 16.5. The van der Waals surface area contributed by atoms with Gasteiger partial charge in [-0.05, 0) is 87.5 Å². The number of hydrogen-bond acceptors (Lipinski definition) is 6. The summed E-state index contributed by atoms with van der Waals surface area (Å²) in [6.07, 6.45) is 2.17. The van der Waals surface area contributed by atoms with E-state index in [1.165, 1.54) is 4.90 Å². The van der Waals surface area contributed by atoms with Crippen LogP contribution in [0, 0.1) is 5.92 Å². The Hall–Kier alpha value is -2.51. The minimum Gasteiger partial charge on any atom is -0.458 e. The Bertz CT molecular complexity index is 770. The number of carbonyl (C=O) groups is 3. The highest BCUT2D eigenvalue weighted by molar-refractivity contribution is 5.83. The van der Waals surface area contributed by atoms with Crippen molar-refractivity contribution in [3.05, 3.63) is 24.8 Å². The molecule has 0 aliphatic carbocycles. The number of esters is 1. The number of hydrogen-bond donors (Lipinski definition) is 1. The molecule has 0 spiro atoms. The Morgan fingerprint density at radius 3 is 1.94 bits per heavy atom. The van der Waals surface area contributed by atoms with Gasteiger partial charge in [0.05, 0.1) is 0 Å². The second-order valence-corrected chi connectivity index (χ2v) is 11.8. The van der Waals surface area contributed by atoms with Gasteiger partial charge in [-0.2, -0.15) is 0 Å². The summed E-state index contributed by atoms with van der Waals surface area (Å²) in [7, 11) is 0. The quantitative estimate of drug-likeness (QED) is 0.299. The first-order valence-corrected chi connectivity index (χ1v) is 11.8. The lowest BCUT2D eigenvalue weighted by atomic mass is 9.94. The molecule has 0 unspecified atom stereocenters. The van der Waals surface area contributed by atoms with Crippen molar-refractivity contribution in [1.29, 1.82) is 0 Å². The normalized spacial score (nSPS) is 21.0. The van der Waals surface area contributed by atoms with Crippen LogP contribution in [0.5, 0.6) is 0 Å². The molecule has 0 aromatic rings. The van der Waals surface area contributed by atoms with Gasteiger partial charge in [-0.1, -0.05) is 18.2 Å². The molecule has 1 saturated heterocycles. The topological polar surface area (TPSA) is 94.2 Å². The van der Waals surface area contributed by atoms with Crippen LogP contribution >= 0.6 is 0 Å². The monoisotopic (exact) mass is 480 g/mol. The molecule has 0 aromatic carbocycles. The van der Waals surface area contributed by atoms with Gasteiger partial charge in [-0.25, -0.2) is 14.4 Å². The smallest absolute Gasteiger partial charge is 0.411 e. The van der Waals surface area contributed by atoms with E-state index in [-0.39, 0.29) is 18.5 Å². The van der Waals surface area contributed by atoms with Crippen molar-refractivity contribution in [3.63, 3.8) is 0 Å². The first-order valence-electron chi connectivity index (χ1n) is 11.8. The van der Waals surface area contributed by atoms with Crippen LogP contribution in [-0.4, -0.2) is 58.5 Å². The summed E-state index contributed by atoms with van der Waals surface area (Å²) in [6, 6.07) is -1.08. The molecule has 0 aromatic heterocycles. The van der Waals surface area contributed by atoms with Crippen molar-refractivity contribution in [3.8, 4) is 0 Å². The Balaban J connectivity index is 2.97. The third kappa shape index (κ3) is 10.2. The van der Waals surface area contributed by atoms with E-state index in [2.05, 4.69) is 18.5 Å². The zero-order chi connectivity index (χ0) is 26.5. The second kappa shape index (κ2) is 11.3. The molecular weight excluding hydrogens is 436 g/mol. The van der Waals surface area contributed by atoms with Crippen LogP contribution in [0.25, 0.3) is 0 Å². The molecule has 1 rings (SSSR count). The lowest BCUT2D eigenvalue weighted by Gasteiger charge is -2.33. The lowest BCUT2D eigenvalue weighted by molar-refractivity contribution is -0.160. The summed E-state index contributed by atoms with van der Waals surface area (Å²) >= 11 is 0. The van der Waals surface area contributed by atoms with E-state index >= 15 is 0 Å². The van der Waals surface area contributed by atoms with E-state index in [0.29, 0.717) is 19.3 Å². The van der Waals surface area contributed by atoms with Crippen LogP contribution in [-0.2, 0) is 19.0 Å². The minimum absolute atomic E-state index is 0.114. The largest absolute Gasteiger partial charge is 0.458 e. The minimum atomic E-state index is -0.768. The number of ether oxygens (including phenoxy) is 3. The van der Waals surface area contributed by atoms with Gasteiger partial charge in [-0.3, -0.25) is 4.90 Å². The van der Waals surface area contributed by atoms with Crippen molar-refractivity contribution >= 4 is 18.2 Å². The average Bonchev–Trinajstić information content (AvgIpc) is 2.99. The predicted molar refractivity (Wildman–Crippen MR) is 132 cm³/mol. The molecule has 34 heavy (non-hydrogen) atoms. The zero-order valence-corrected chi connectivity index (χ0v) is 22.4. The molecule has 8 heteroatoms. The third-order valence-corrected chi connectivity index (χ3v) is 4.94. The van der Waals surface area contributed by atoms with E-state index in [1.54, 1.807) is 68.4 Å². The fraction of sp³-hybridized carbons (Fsp3) is 0.731. The molecule has 1 N–H and O–H groups in total. The highest BCUT2D eigenvalue weighted by atomic mass is 16.6. The molecule has 1 fully saturated rings. The van der Waals surface area contributed by atoms with Crippen molar-refractivity contribution in [2.45, 2.75) is 110 Å². The van der Waals surface area contributed by atoms with Crippen molar-refractivity contribution in [2.75, 3.05) is 6.54 Å². The molecule has 8 nitrogen and oxygen atoms in total. The molecule has 1 aliphatic heterocycles. The Kier molecular flexibility index (Phi) is 9.79. The number of nitrogens with one attached hydrogen (secondary N) is 1. The fourth-order valence-electron chi connectivity index (χ4n) is 3.68. The van der Waals surface area contributed by atoms with Crippen LogP contribution in [0.3, 0.4) is 0 Å². The molecular formula is C26H44N2O6. The van der Waals surface area contributed by atoms with Crippen LogP contribution in [0.15, 0.2) is 24.8 Å². The Morgan fingerprint density at radius 2 is 1.47 bits per heavy atom. The highest BCUT2D eigenvalue weighted by Gasteiger charge is 2.48. The number of likely N-dealkylation sites (tertiary alicyclic amines) is 1.